The highest BCUT2D eigenvalue weighted by atomic mass is 16.5. The van der Waals surface area contributed by atoms with Crippen LogP contribution >= 0.6 is 0 Å². The van der Waals surface area contributed by atoms with Crippen LogP contribution in [0.25, 0.3) is 11.1 Å². The minimum atomic E-state index is -0.913. The Morgan fingerprint density at radius 2 is 1.67 bits per heavy atom. The molecule has 1 heterocycles. The molecule has 0 aromatic heterocycles. The van der Waals surface area contributed by atoms with E-state index in [2.05, 4.69) is 0 Å². The van der Waals surface area contributed by atoms with E-state index in [0.717, 1.165) is 29.9 Å². The maximum absolute atomic E-state index is 10.8. The molecule has 2 aromatic carbocycles. The Kier molecular flexibility index (Phi) is 3.88. The molecular formula is C17H16O4. The van der Waals surface area contributed by atoms with Crippen molar-refractivity contribution in [1.29, 1.82) is 0 Å². The highest BCUT2D eigenvalue weighted by Crippen LogP contribution is 2.24. The number of carboxylic acids is 1. The lowest BCUT2D eigenvalue weighted by molar-refractivity contribution is 0.0697. The first-order valence-electron chi connectivity index (χ1n) is 6.90. The molecule has 108 valence electrons. The van der Waals surface area contributed by atoms with E-state index in [0.29, 0.717) is 12.2 Å². The van der Waals surface area contributed by atoms with Crippen LogP contribution < -0.4 is 4.74 Å². The minimum Gasteiger partial charge on any atom is -0.488 e. The van der Waals surface area contributed by atoms with Crippen molar-refractivity contribution in [3.63, 3.8) is 0 Å². The molecule has 0 aliphatic carbocycles. The fourth-order valence-corrected chi connectivity index (χ4v) is 2.33. The molecule has 0 unspecified atom stereocenters. The Morgan fingerprint density at radius 1 is 1.05 bits per heavy atom. The molecule has 1 aliphatic heterocycles. The number of rotatable bonds is 4. The van der Waals surface area contributed by atoms with Crippen LogP contribution in [0.15, 0.2) is 48.5 Å². The summed E-state index contributed by atoms with van der Waals surface area (Å²) in [6.45, 7) is 1.41. The summed E-state index contributed by atoms with van der Waals surface area (Å²) in [6.07, 6.45) is 1.07. The van der Waals surface area contributed by atoms with Gasteiger partial charge in [-0.2, -0.15) is 0 Å². The van der Waals surface area contributed by atoms with Crippen LogP contribution in [0.1, 0.15) is 16.8 Å². The molecule has 1 atom stereocenters. The third-order valence-corrected chi connectivity index (χ3v) is 3.51. The quantitative estimate of drug-likeness (QED) is 0.936. The van der Waals surface area contributed by atoms with Crippen molar-refractivity contribution in [2.24, 2.45) is 0 Å². The number of hydrogen-bond donors (Lipinski definition) is 1. The molecule has 4 nitrogen and oxygen atoms in total. The van der Waals surface area contributed by atoms with E-state index >= 15 is 0 Å². The lowest BCUT2D eigenvalue weighted by atomic mass is 10.0. The summed E-state index contributed by atoms with van der Waals surface area (Å²) in [5.74, 6) is -0.0829. The maximum Gasteiger partial charge on any atom is 0.335 e. The minimum absolute atomic E-state index is 0.144. The van der Waals surface area contributed by atoms with Crippen molar-refractivity contribution in [3.8, 4) is 16.9 Å². The van der Waals surface area contributed by atoms with E-state index in [1.165, 1.54) is 0 Å². The summed E-state index contributed by atoms with van der Waals surface area (Å²) in [5, 5.41) is 8.89. The highest BCUT2D eigenvalue weighted by molar-refractivity contribution is 5.88. The van der Waals surface area contributed by atoms with Gasteiger partial charge in [0.1, 0.15) is 11.9 Å². The van der Waals surface area contributed by atoms with Gasteiger partial charge in [0.25, 0.3) is 0 Å². The third-order valence-electron chi connectivity index (χ3n) is 3.51. The Morgan fingerprint density at radius 3 is 2.19 bits per heavy atom. The summed E-state index contributed by atoms with van der Waals surface area (Å²) < 4.78 is 11.1. The second-order valence-electron chi connectivity index (χ2n) is 5.01. The molecule has 1 saturated heterocycles. The molecule has 1 fully saturated rings. The zero-order chi connectivity index (χ0) is 14.7. The second kappa shape index (κ2) is 5.97. The fraction of sp³-hybridized carbons (Fsp3) is 0.235. The molecule has 4 heteroatoms. The first-order chi connectivity index (χ1) is 10.2. The number of carboxylic acid groups (broad SMARTS) is 1. The number of aromatic carboxylic acids is 1. The van der Waals surface area contributed by atoms with Crippen LogP contribution in [-0.2, 0) is 4.74 Å². The van der Waals surface area contributed by atoms with Gasteiger partial charge in [-0.15, -0.1) is 0 Å². The zero-order valence-corrected chi connectivity index (χ0v) is 11.5. The number of benzene rings is 2. The van der Waals surface area contributed by atoms with Crippen LogP contribution in [0.2, 0.25) is 0 Å². The van der Waals surface area contributed by atoms with Crippen molar-refractivity contribution in [2.75, 3.05) is 13.2 Å². The van der Waals surface area contributed by atoms with E-state index in [-0.39, 0.29) is 6.10 Å². The topological polar surface area (TPSA) is 55.8 Å². The first kappa shape index (κ1) is 13.6. The van der Waals surface area contributed by atoms with Crippen LogP contribution in [0.5, 0.6) is 5.75 Å². The lowest BCUT2D eigenvalue weighted by Crippen LogP contribution is -2.15. The Hall–Kier alpha value is -2.33. The van der Waals surface area contributed by atoms with Crippen molar-refractivity contribution < 1.29 is 19.4 Å². The van der Waals surface area contributed by atoms with Crippen molar-refractivity contribution in [3.05, 3.63) is 54.1 Å². The van der Waals surface area contributed by atoms with Crippen LogP contribution in [-0.4, -0.2) is 30.4 Å². The summed E-state index contributed by atoms with van der Waals surface area (Å²) in [4.78, 5) is 10.8. The summed E-state index contributed by atoms with van der Waals surface area (Å²) in [6, 6.07) is 14.6. The molecule has 2 aromatic rings. The zero-order valence-electron chi connectivity index (χ0n) is 11.5. The average molecular weight is 284 g/mol. The first-order valence-corrected chi connectivity index (χ1v) is 6.90. The number of ether oxygens (including phenoxy) is 2. The standard InChI is InChI=1S/C17H16O4/c18-17(19)14-3-1-12(2-4-14)13-5-7-15(8-6-13)21-16-9-10-20-11-16/h1-8,16H,9-11H2,(H,18,19)/t16-/m0/s1. The van der Waals surface area contributed by atoms with Crippen LogP contribution in [0.4, 0.5) is 0 Å². The SMILES string of the molecule is O=C(O)c1ccc(-c2ccc(O[C@H]3CCOC3)cc2)cc1. The van der Waals surface area contributed by atoms with Crippen molar-refractivity contribution >= 4 is 5.97 Å². The Balaban J connectivity index is 1.72. The predicted octanol–water partition coefficient (Wildman–Crippen LogP) is 3.22. The van der Waals surface area contributed by atoms with Gasteiger partial charge >= 0.3 is 5.97 Å². The molecular weight excluding hydrogens is 268 g/mol. The highest BCUT2D eigenvalue weighted by Gasteiger charge is 2.16. The lowest BCUT2D eigenvalue weighted by Gasteiger charge is -2.12. The molecule has 3 rings (SSSR count). The van der Waals surface area contributed by atoms with Crippen LogP contribution in [0.3, 0.4) is 0 Å². The van der Waals surface area contributed by atoms with Gasteiger partial charge < -0.3 is 14.6 Å². The van der Waals surface area contributed by atoms with Gasteiger partial charge in [0.05, 0.1) is 18.8 Å². The van der Waals surface area contributed by atoms with E-state index in [9.17, 15) is 4.79 Å². The summed E-state index contributed by atoms with van der Waals surface area (Å²) >= 11 is 0. The van der Waals surface area contributed by atoms with Gasteiger partial charge in [0.2, 0.25) is 0 Å². The molecule has 0 saturated carbocycles. The van der Waals surface area contributed by atoms with Gasteiger partial charge in [-0.05, 0) is 35.4 Å². The maximum atomic E-state index is 10.8. The van der Waals surface area contributed by atoms with Gasteiger partial charge in [-0.1, -0.05) is 24.3 Å². The van der Waals surface area contributed by atoms with Gasteiger partial charge in [0.15, 0.2) is 0 Å². The van der Waals surface area contributed by atoms with E-state index in [1.54, 1.807) is 12.1 Å². The van der Waals surface area contributed by atoms with Gasteiger partial charge in [-0.25, -0.2) is 4.79 Å². The normalized spacial score (nSPS) is 17.6. The Labute approximate surface area is 122 Å². The number of hydrogen-bond acceptors (Lipinski definition) is 3. The molecule has 0 spiro atoms. The van der Waals surface area contributed by atoms with Crippen LogP contribution in [0, 0.1) is 0 Å². The summed E-state index contributed by atoms with van der Waals surface area (Å²) in [5.41, 5.74) is 2.30. The van der Waals surface area contributed by atoms with E-state index < -0.39 is 5.97 Å². The van der Waals surface area contributed by atoms with E-state index in [4.69, 9.17) is 14.6 Å². The van der Waals surface area contributed by atoms with E-state index in [1.807, 2.05) is 36.4 Å². The van der Waals surface area contributed by atoms with Crippen molar-refractivity contribution in [1.82, 2.24) is 0 Å². The molecule has 0 amide bonds. The molecule has 0 radical (unpaired) electrons. The third kappa shape index (κ3) is 3.23. The predicted molar refractivity (Wildman–Crippen MR) is 78.7 cm³/mol. The molecule has 1 aliphatic rings. The number of carbonyl (C=O) groups is 1. The smallest absolute Gasteiger partial charge is 0.335 e. The van der Waals surface area contributed by atoms with Gasteiger partial charge in [-0.3, -0.25) is 0 Å². The summed E-state index contributed by atoms with van der Waals surface area (Å²) in [7, 11) is 0. The molecule has 0 bridgehead atoms. The second-order valence-corrected chi connectivity index (χ2v) is 5.01. The largest absolute Gasteiger partial charge is 0.488 e. The average Bonchev–Trinajstić information content (AvgIpc) is 3.01. The fourth-order valence-electron chi connectivity index (χ4n) is 2.33. The van der Waals surface area contributed by atoms with Gasteiger partial charge in [0, 0.05) is 6.42 Å². The molecule has 1 N–H and O–H groups in total. The van der Waals surface area contributed by atoms with Crippen molar-refractivity contribution in [2.45, 2.75) is 12.5 Å². The monoisotopic (exact) mass is 284 g/mol. The Bertz CT molecular complexity index is 610. The molecule has 21 heavy (non-hydrogen) atoms.